The van der Waals surface area contributed by atoms with Crippen molar-refractivity contribution in [2.45, 2.75) is 62.3 Å². The number of benzene rings is 3. The molecule has 3 aromatic carbocycles. The van der Waals surface area contributed by atoms with Crippen LogP contribution in [0.5, 0.6) is 5.75 Å². The van der Waals surface area contributed by atoms with Crippen LogP contribution in [0.15, 0.2) is 113 Å². The van der Waals surface area contributed by atoms with Gasteiger partial charge in [0.2, 0.25) is 0 Å². The standard InChI is InChI=1S/C36H36N2OS/c1-35(2,3)27-22-29(34(39)30(23-27)36(4,5)6)32-21-26(24-13-8-7-9-14-24)20-31(38-32)25-15-12-16-28(19-25)40-33-17-10-11-18-37-33/h7-23,39H,1-6H3. The SMILES string of the molecule is CC(C)(C)c1cc(-c2cc(-c3ccccc3)cc(-c3cccc(Sc4ccccn4)c3)n2)c(O)c(C(C)(C)C)c1. The summed E-state index contributed by atoms with van der Waals surface area (Å²) in [5, 5.41) is 12.6. The van der Waals surface area contributed by atoms with Crippen LogP contribution in [-0.2, 0) is 10.8 Å². The molecule has 0 saturated carbocycles. The summed E-state index contributed by atoms with van der Waals surface area (Å²) in [6.45, 7) is 13.0. The topological polar surface area (TPSA) is 46.0 Å². The van der Waals surface area contributed by atoms with Crippen molar-refractivity contribution in [3.8, 4) is 39.4 Å². The van der Waals surface area contributed by atoms with Crippen LogP contribution in [0.3, 0.4) is 0 Å². The van der Waals surface area contributed by atoms with E-state index in [0.29, 0.717) is 5.75 Å². The number of hydrogen-bond acceptors (Lipinski definition) is 4. The Bertz CT molecular complexity index is 1630. The van der Waals surface area contributed by atoms with E-state index in [-0.39, 0.29) is 10.8 Å². The minimum absolute atomic E-state index is 0.0840. The van der Waals surface area contributed by atoms with E-state index in [1.54, 1.807) is 11.8 Å². The largest absolute Gasteiger partial charge is 0.507 e. The zero-order chi connectivity index (χ0) is 28.5. The number of pyridine rings is 2. The second-order valence-corrected chi connectivity index (χ2v) is 13.3. The average molecular weight is 545 g/mol. The van der Waals surface area contributed by atoms with Gasteiger partial charge in [0.15, 0.2) is 0 Å². The molecule has 0 bridgehead atoms. The van der Waals surface area contributed by atoms with E-state index in [2.05, 4.69) is 119 Å². The lowest BCUT2D eigenvalue weighted by atomic mass is 9.78. The van der Waals surface area contributed by atoms with Gasteiger partial charge in [-0.1, -0.05) is 108 Å². The maximum atomic E-state index is 11.6. The molecule has 4 heteroatoms. The smallest absolute Gasteiger partial charge is 0.128 e. The lowest BCUT2D eigenvalue weighted by Gasteiger charge is -2.27. The van der Waals surface area contributed by atoms with Gasteiger partial charge in [-0.15, -0.1) is 0 Å². The molecule has 0 aliphatic carbocycles. The Labute approximate surface area is 242 Å². The third-order valence-electron chi connectivity index (χ3n) is 6.98. The Kier molecular flexibility index (Phi) is 7.57. The molecular weight excluding hydrogens is 508 g/mol. The molecular formula is C36H36N2OS. The van der Waals surface area contributed by atoms with Crippen molar-refractivity contribution in [3.63, 3.8) is 0 Å². The Morgan fingerprint density at radius 2 is 1.32 bits per heavy atom. The zero-order valence-corrected chi connectivity index (χ0v) is 24.9. The highest BCUT2D eigenvalue weighted by Gasteiger charge is 2.26. The van der Waals surface area contributed by atoms with Crippen molar-refractivity contribution >= 4 is 11.8 Å². The number of hydrogen-bond donors (Lipinski definition) is 1. The van der Waals surface area contributed by atoms with Crippen LogP contribution < -0.4 is 0 Å². The van der Waals surface area contributed by atoms with Gasteiger partial charge in [0.25, 0.3) is 0 Å². The molecule has 0 fully saturated rings. The molecule has 0 amide bonds. The maximum absolute atomic E-state index is 11.6. The minimum Gasteiger partial charge on any atom is -0.507 e. The van der Waals surface area contributed by atoms with Gasteiger partial charge in [0.1, 0.15) is 10.8 Å². The van der Waals surface area contributed by atoms with E-state index in [4.69, 9.17) is 4.98 Å². The van der Waals surface area contributed by atoms with Crippen LogP contribution in [0.4, 0.5) is 0 Å². The van der Waals surface area contributed by atoms with Gasteiger partial charge >= 0.3 is 0 Å². The molecule has 1 N–H and O–H groups in total. The number of aromatic hydroxyl groups is 1. The molecule has 0 unspecified atom stereocenters. The van der Waals surface area contributed by atoms with E-state index < -0.39 is 0 Å². The van der Waals surface area contributed by atoms with Crippen LogP contribution in [0.2, 0.25) is 0 Å². The highest BCUT2D eigenvalue weighted by atomic mass is 32.2. The summed E-state index contributed by atoms with van der Waals surface area (Å²) >= 11 is 1.63. The molecule has 5 rings (SSSR count). The fourth-order valence-corrected chi connectivity index (χ4v) is 5.53. The van der Waals surface area contributed by atoms with E-state index in [1.807, 2.05) is 30.5 Å². The molecule has 0 spiro atoms. The van der Waals surface area contributed by atoms with E-state index in [0.717, 1.165) is 49.1 Å². The molecule has 0 saturated heterocycles. The molecule has 0 radical (unpaired) electrons. The summed E-state index contributed by atoms with van der Waals surface area (Å²) in [5.74, 6) is 0.295. The summed E-state index contributed by atoms with van der Waals surface area (Å²) < 4.78 is 0. The lowest BCUT2D eigenvalue weighted by Crippen LogP contribution is -2.17. The maximum Gasteiger partial charge on any atom is 0.128 e. The van der Waals surface area contributed by atoms with Gasteiger partial charge in [0, 0.05) is 27.8 Å². The first kappa shape index (κ1) is 27.7. The molecule has 2 heterocycles. The summed E-state index contributed by atoms with van der Waals surface area (Å²) in [7, 11) is 0. The molecule has 5 aromatic rings. The third-order valence-corrected chi connectivity index (χ3v) is 7.92. The lowest BCUT2D eigenvalue weighted by molar-refractivity contribution is 0.446. The molecule has 0 aliphatic heterocycles. The normalized spacial score (nSPS) is 11.9. The van der Waals surface area contributed by atoms with Crippen LogP contribution in [-0.4, -0.2) is 15.1 Å². The van der Waals surface area contributed by atoms with Gasteiger partial charge < -0.3 is 5.11 Å². The van der Waals surface area contributed by atoms with Crippen molar-refractivity contribution in [1.29, 1.82) is 0 Å². The molecule has 0 aliphatic rings. The Morgan fingerprint density at radius 1 is 0.625 bits per heavy atom. The summed E-state index contributed by atoms with van der Waals surface area (Å²) in [6.07, 6.45) is 1.81. The van der Waals surface area contributed by atoms with Gasteiger partial charge in [0.05, 0.1) is 11.4 Å². The Balaban J connectivity index is 1.71. The van der Waals surface area contributed by atoms with Gasteiger partial charge in [-0.05, 0) is 70.0 Å². The molecule has 40 heavy (non-hydrogen) atoms. The fourth-order valence-electron chi connectivity index (χ4n) is 4.70. The highest BCUT2D eigenvalue weighted by molar-refractivity contribution is 7.99. The molecule has 3 nitrogen and oxygen atoms in total. The first-order chi connectivity index (χ1) is 19.0. The van der Waals surface area contributed by atoms with Crippen LogP contribution >= 0.6 is 11.8 Å². The van der Waals surface area contributed by atoms with Crippen LogP contribution in [0.25, 0.3) is 33.6 Å². The number of rotatable bonds is 5. The number of phenolic OH excluding ortho intramolecular Hbond substituents is 1. The van der Waals surface area contributed by atoms with E-state index in [9.17, 15) is 5.11 Å². The zero-order valence-electron chi connectivity index (χ0n) is 24.1. The number of phenols is 1. The van der Waals surface area contributed by atoms with Crippen molar-refractivity contribution < 1.29 is 5.11 Å². The first-order valence-electron chi connectivity index (χ1n) is 13.6. The van der Waals surface area contributed by atoms with Crippen molar-refractivity contribution in [3.05, 3.63) is 114 Å². The summed E-state index contributed by atoms with van der Waals surface area (Å²) in [5.41, 5.74) is 7.35. The summed E-state index contributed by atoms with van der Waals surface area (Å²) in [6, 6.07) is 33.2. The molecule has 202 valence electrons. The van der Waals surface area contributed by atoms with Crippen LogP contribution in [0.1, 0.15) is 52.7 Å². The number of nitrogens with zero attached hydrogens (tertiary/aromatic N) is 2. The number of aromatic nitrogens is 2. The second kappa shape index (κ2) is 10.9. The molecule has 2 aromatic heterocycles. The monoisotopic (exact) mass is 544 g/mol. The Hall–Kier alpha value is -3.89. The van der Waals surface area contributed by atoms with E-state index in [1.165, 1.54) is 5.56 Å². The third kappa shape index (κ3) is 6.13. The predicted molar refractivity (Wildman–Crippen MR) is 168 cm³/mol. The van der Waals surface area contributed by atoms with Crippen LogP contribution in [0, 0.1) is 0 Å². The Morgan fingerprint density at radius 3 is 2.00 bits per heavy atom. The van der Waals surface area contributed by atoms with Gasteiger partial charge in [-0.25, -0.2) is 9.97 Å². The quantitative estimate of drug-likeness (QED) is 0.239. The molecule has 0 atom stereocenters. The van der Waals surface area contributed by atoms with Gasteiger partial charge in [-0.2, -0.15) is 0 Å². The second-order valence-electron chi connectivity index (χ2n) is 12.2. The van der Waals surface area contributed by atoms with Crippen molar-refractivity contribution in [2.24, 2.45) is 0 Å². The summed E-state index contributed by atoms with van der Waals surface area (Å²) in [4.78, 5) is 10.7. The van der Waals surface area contributed by atoms with Crippen molar-refractivity contribution in [1.82, 2.24) is 9.97 Å². The van der Waals surface area contributed by atoms with Gasteiger partial charge in [-0.3, -0.25) is 0 Å². The first-order valence-corrected chi connectivity index (χ1v) is 14.5. The van der Waals surface area contributed by atoms with E-state index >= 15 is 0 Å². The highest BCUT2D eigenvalue weighted by Crippen LogP contribution is 2.43. The predicted octanol–water partition coefficient (Wildman–Crippen LogP) is 9.93. The minimum atomic E-state index is -0.225. The average Bonchev–Trinajstić information content (AvgIpc) is 2.93. The van der Waals surface area contributed by atoms with Crippen molar-refractivity contribution in [2.75, 3.05) is 0 Å². The fraction of sp³-hybridized carbons (Fsp3) is 0.222.